The van der Waals surface area contributed by atoms with Crippen LogP contribution in [-0.2, 0) is 6.54 Å². The maximum absolute atomic E-state index is 9.60. The molecule has 0 amide bonds. The summed E-state index contributed by atoms with van der Waals surface area (Å²) in [4.78, 5) is 15.8. The summed E-state index contributed by atoms with van der Waals surface area (Å²) in [6, 6.07) is 0.381. The third-order valence-electron chi connectivity index (χ3n) is 4.09. The molecule has 1 atom stereocenters. The molecule has 2 heterocycles. The van der Waals surface area contributed by atoms with E-state index in [0.29, 0.717) is 12.6 Å². The summed E-state index contributed by atoms with van der Waals surface area (Å²) in [7, 11) is 2.14. The maximum Gasteiger partial charge on any atom is 0.225 e. The van der Waals surface area contributed by atoms with Crippen LogP contribution in [0, 0.1) is 0 Å². The lowest BCUT2D eigenvalue weighted by atomic mass is 10.2. The van der Waals surface area contributed by atoms with E-state index < -0.39 is 0 Å². The number of rotatable bonds is 6. The molecule has 1 aromatic rings. The molecular formula is C16H29N5O. The van der Waals surface area contributed by atoms with E-state index in [1.54, 1.807) is 0 Å². The molecule has 0 spiro atoms. The Balaban J connectivity index is 1.96. The number of aromatic nitrogens is 2. The molecule has 6 nitrogen and oxygen atoms in total. The molecule has 124 valence electrons. The van der Waals surface area contributed by atoms with Gasteiger partial charge in [-0.3, -0.25) is 4.90 Å². The fourth-order valence-electron chi connectivity index (χ4n) is 2.63. The second-order valence-electron chi connectivity index (χ2n) is 6.55. The van der Waals surface area contributed by atoms with Gasteiger partial charge in [-0.2, -0.15) is 0 Å². The summed E-state index contributed by atoms with van der Waals surface area (Å²) >= 11 is 0. The molecule has 1 fully saturated rings. The lowest BCUT2D eigenvalue weighted by Crippen LogP contribution is -2.45. The fraction of sp³-hybridized carbons (Fsp3) is 0.750. The summed E-state index contributed by atoms with van der Waals surface area (Å²) in [5.74, 6) is 0.823. The topological polar surface area (TPSA) is 55.7 Å². The van der Waals surface area contributed by atoms with Crippen molar-refractivity contribution in [3.05, 3.63) is 18.0 Å². The maximum atomic E-state index is 9.60. The minimum Gasteiger partial charge on any atom is -0.392 e. The fourth-order valence-corrected chi connectivity index (χ4v) is 2.63. The Morgan fingerprint density at radius 1 is 1.14 bits per heavy atom. The zero-order valence-corrected chi connectivity index (χ0v) is 14.2. The van der Waals surface area contributed by atoms with Gasteiger partial charge in [0, 0.05) is 63.3 Å². The predicted molar refractivity (Wildman–Crippen MR) is 89.0 cm³/mol. The lowest BCUT2D eigenvalue weighted by Gasteiger charge is -2.32. The lowest BCUT2D eigenvalue weighted by molar-refractivity contribution is 0.102. The van der Waals surface area contributed by atoms with Crippen LogP contribution in [0.25, 0.3) is 0 Å². The predicted octanol–water partition coefficient (Wildman–Crippen LogP) is 0.820. The van der Waals surface area contributed by atoms with Gasteiger partial charge in [-0.15, -0.1) is 0 Å². The van der Waals surface area contributed by atoms with E-state index in [9.17, 15) is 5.11 Å². The van der Waals surface area contributed by atoms with Crippen molar-refractivity contribution in [3.8, 4) is 0 Å². The van der Waals surface area contributed by atoms with Crippen molar-refractivity contribution in [3.63, 3.8) is 0 Å². The number of hydrogen-bond donors (Lipinski definition) is 1. The first-order valence-electron chi connectivity index (χ1n) is 8.12. The van der Waals surface area contributed by atoms with E-state index in [1.165, 1.54) is 0 Å². The van der Waals surface area contributed by atoms with Crippen molar-refractivity contribution in [2.75, 3.05) is 44.7 Å². The zero-order chi connectivity index (χ0) is 16.1. The first kappa shape index (κ1) is 17.1. The normalized spacial score (nSPS) is 18.2. The van der Waals surface area contributed by atoms with Crippen molar-refractivity contribution in [2.24, 2.45) is 0 Å². The van der Waals surface area contributed by atoms with Gasteiger partial charge in [-0.1, -0.05) is 0 Å². The quantitative estimate of drug-likeness (QED) is 0.840. The van der Waals surface area contributed by atoms with Gasteiger partial charge >= 0.3 is 0 Å². The van der Waals surface area contributed by atoms with Crippen molar-refractivity contribution >= 4 is 5.95 Å². The summed E-state index contributed by atoms with van der Waals surface area (Å²) in [6.45, 7) is 11.6. The molecule has 1 N–H and O–H groups in total. The third-order valence-corrected chi connectivity index (χ3v) is 4.09. The van der Waals surface area contributed by atoms with Crippen molar-refractivity contribution < 1.29 is 5.11 Å². The number of hydrogen-bond acceptors (Lipinski definition) is 6. The van der Waals surface area contributed by atoms with Crippen molar-refractivity contribution in [1.29, 1.82) is 0 Å². The van der Waals surface area contributed by atoms with Gasteiger partial charge < -0.3 is 14.9 Å². The van der Waals surface area contributed by atoms with Crippen LogP contribution in [0.15, 0.2) is 12.4 Å². The van der Waals surface area contributed by atoms with Gasteiger partial charge in [0.2, 0.25) is 5.95 Å². The van der Waals surface area contributed by atoms with Gasteiger partial charge in [0.25, 0.3) is 0 Å². The van der Waals surface area contributed by atoms with Crippen molar-refractivity contribution in [2.45, 2.75) is 39.5 Å². The van der Waals surface area contributed by atoms with E-state index in [0.717, 1.165) is 44.2 Å². The highest BCUT2D eigenvalue weighted by molar-refractivity contribution is 5.30. The third kappa shape index (κ3) is 4.90. The van der Waals surface area contributed by atoms with Gasteiger partial charge in [0.15, 0.2) is 0 Å². The molecule has 1 aliphatic heterocycles. The average Bonchev–Trinajstić information content (AvgIpc) is 2.48. The summed E-state index contributed by atoms with van der Waals surface area (Å²) in [5.41, 5.74) is 1.09. The van der Waals surface area contributed by atoms with Crippen LogP contribution in [-0.4, -0.2) is 76.8 Å². The van der Waals surface area contributed by atoms with E-state index in [4.69, 9.17) is 0 Å². The number of aliphatic hydroxyl groups excluding tert-OH is 1. The smallest absolute Gasteiger partial charge is 0.225 e. The Morgan fingerprint density at radius 3 is 2.23 bits per heavy atom. The highest BCUT2D eigenvalue weighted by atomic mass is 16.3. The Bertz CT molecular complexity index is 440. The number of anilines is 1. The molecule has 0 aromatic carbocycles. The van der Waals surface area contributed by atoms with Crippen molar-refractivity contribution in [1.82, 2.24) is 19.8 Å². The second-order valence-corrected chi connectivity index (χ2v) is 6.55. The SMILES string of the molecule is CC(O)CN(Cc1cnc(N2CCN(C)CC2)nc1)C(C)C. The summed E-state index contributed by atoms with van der Waals surface area (Å²) in [6.07, 6.45) is 3.50. The average molecular weight is 307 g/mol. The minimum absolute atomic E-state index is 0.326. The van der Waals surface area contributed by atoms with Crippen LogP contribution in [0.3, 0.4) is 0 Å². The van der Waals surface area contributed by atoms with Crippen LogP contribution in [0.5, 0.6) is 0 Å². The molecule has 22 heavy (non-hydrogen) atoms. The van der Waals surface area contributed by atoms with Gasteiger partial charge in [-0.25, -0.2) is 9.97 Å². The monoisotopic (exact) mass is 307 g/mol. The molecule has 0 aliphatic carbocycles. The van der Waals surface area contributed by atoms with E-state index in [2.05, 4.69) is 45.6 Å². The molecule has 0 saturated carbocycles. The summed E-state index contributed by atoms with van der Waals surface area (Å²) in [5, 5.41) is 9.60. The van der Waals surface area contributed by atoms with E-state index >= 15 is 0 Å². The van der Waals surface area contributed by atoms with E-state index in [-0.39, 0.29) is 6.10 Å². The van der Waals surface area contributed by atoms with Crippen LogP contribution in [0.1, 0.15) is 26.3 Å². The largest absolute Gasteiger partial charge is 0.392 e. The Hall–Kier alpha value is -1.24. The molecule has 6 heteroatoms. The summed E-state index contributed by atoms with van der Waals surface area (Å²) < 4.78 is 0. The second kappa shape index (κ2) is 7.85. The Labute approximate surface area is 133 Å². The van der Waals surface area contributed by atoms with Crippen LogP contribution in [0.4, 0.5) is 5.95 Å². The number of piperazine rings is 1. The van der Waals surface area contributed by atoms with Gasteiger partial charge in [0.1, 0.15) is 0 Å². The number of aliphatic hydroxyl groups is 1. The standard InChI is InChI=1S/C16H29N5O/c1-13(2)21(11-14(3)22)12-15-9-17-16(18-10-15)20-7-5-19(4)6-8-20/h9-10,13-14,22H,5-8,11-12H2,1-4H3. The molecule has 0 bridgehead atoms. The molecule has 1 aromatic heterocycles. The first-order valence-corrected chi connectivity index (χ1v) is 8.12. The molecule has 2 rings (SSSR count). The first-order chi connectivity index (χ1) is 10.5. The molecule has 1 aliphatic rings. The van der Waals surface area contributed by atoms with Gasteiger partial charge in [0.05, 0.1) is 6.10 Å². The molecule has 1 unspecified atom stereocenters. The molecular weight excluding hydrogens is 278 g/mol. The zero-order valence-electron chi connectivity index (χ0n) is 14.2. The highest BCUT2D eigenvalue weighted by Gasteiger charge is 2.17. The van der Waals surface area contributed by atoms with Gasteiger partial charge in [-0.05, 0) is 27.8 Å². The van der Waals surface area contributed by atoms with Crippen LogP contribution < -0.4 is 4.90 Å². The minimum atomic E-state index is -0.326. The Kier molecular flexibility index (Phi) is 6.11. The van der Waals surface area contributed by atoms with Crippen LogP contribution in [0.2, 0.25) is 0 Å². The Morgan fingerprint density at radius 2 is 1.73 bits per heavy atom. The molecule has 0 radical (unpaired) electrons. The van der Waals surface area contributed by atoms with E-state index in [1.807, 2.05) is 19.3 Å². The number of nitrogens with zero attached hydrogens (tertiary/aromatic N) is 5. The highest BCUT2D eigenvalue weighted by Crippen LogP contribution is 2.12. The number of likely N-dealkylation sites (N-methyl/N-ethyl adjacent to an activating group) is 1. The van der Waals surface area contributed by atoms with Crippen LogP contribution >= 0.6 is 0 Å². The molecule has 1 saturated heterocycles.